The summed E-state index contributed by atoms with van der Waals surface area (Å²) in [5.74, 6) is -1.14. The van der Waals surface area contributed by atoms with Crippen LogP contribution in [0.25, 0.3) is 0 Å². The number of nitrogens with zero attached hydrogens (tertiary/aromatic N) is 2. The number of rotatable bonds is 9. The molecule has 0 saturated carbocycles. The van der Waals surface area contributed by atoms with Gasteiger partial charge in [-0.3, -0.25) is 9.59 Å². The summed E-state index contributed by atoms with van der Waals surface area (Å²) in [6.07, 6.45) is -3.19. The Bertz CT molecular complexity index is 1200. The lowest BCUT2D eigenvalue weighted by atomic mass is 10.1. The summed E-state index contributed by atoms with van der Waals surface area (Å²) in [7, 11) is 0. The van der Waals surface area contributed by atoms with E-state index in [0.29, 0.717) is 17.4 Å². The number of carbonyl (C=O) groups excluding carboxylic acids is 2. The van der Waals surface area contributed by atoms with Gasteiger partial charge in [-0.1, -0.05) is 53.2 Å². The van der Waals surface area contributed by atoms with E-state index >= 15 is 0 Å². The van der Waals surface area contributed by atoms with E-state index in [-0.39, 0.29) is 35.5 Å². The molecule has 7 nitrogen and oxygen atoms in total. The predicted octanol–water partition coefficient (Wildman–Crippen LogP) is 4.40. The molecule has 3 N–H and O–H groups in total. The number of thioether (sulfide) groups is 1. The van der Waals surface area contributed by atoms with E-state index in [1.807, 2.05) is 31.2 Å². The predicted molar refractivity (Wildman–Crippen MR) is 127 cm³/mol. The van der Waals surface area contributed by atoms with Gasteiger partial charge in [-0.25, -0.2) is 4.98 Å². The maximum atomic E-state index is 12.9. The fraction of sp³-hybridized carbons (Fsp3) is 0.261. The molecule has 3 aromatic rings. The Labute approximate surface area is 208 Å². The average Bonchev–Trinajstić information content (AvgIpc) is 3.19. The van der Waals surface area contributed by atoms with Gasteiger partial charge in [0.1, 0.15) is 6.54 Å². The quantitative estimate of drug-likeness (QED) is 0.359. The van der Waals surface area contributed by atoms with Crippen LogP contribution in [-0.2, 0) is 35.5 Å². The van der Waals surface area contributed by atoms with Crippen LogP contribution in [0.4, 0.5) is 18.9 Å². The summed E-state index contributed by atoms with van der Waals surface area (Å²) >= 11 is 6.88. The summed E-state index contributed by atoms with van der Waals surface area (Å²) in [6.45, 7) is 1.78. The van der Waals surface area contributed by atoms with Gasteiger partial charge in [0.25, 0.3) is 0 Å². The fourth-order valence-electron chi connectivity index (χ4n) is 3.02. The molecule has 0 unspecified atom stereocenters. The third kappa shape index (κ3) is 7.48. The van der Waals surface area contributed by atoms with Crippen LogP contribution >= 0.6 is 23.4 Å². The summed E-state index contributed by atoms with van der Waals surface area (Å²) in [5, 5.41) is 15.0. The SMILES string of the molecule is Cc1ccc(CNC(=O)Cn2c(CO)cnc2SCC(=O)Nc2cc(C(F)(F)F)ccc2Cl)cc1. The molecule has 0 fully saturated rings. The molecule has 0 radical (unpaired) electrons. The molecule has 0 aliphatic carbocycles. The normalized spacial score (nSPS) is 11.4. The minimum absolute atomic E-state index is 0.0364. The standard InChI is InChI=1S/C23H22ClF3N4O3S/c1-14-2-4-15(5-3-14)9-28-20(33)11-31-17(12-32)10-29-22(31)35-13-21(34)30-19-8-16(23(25,26)27)6-7-18(19)24/h2-8,10,32H,9,11-13H2,1H3,(H,28,33)(H,30,34). The molecule has 0 atom stereocenters. The first-order valence-electron chi connectivity index (χ1n) is 10.3. The van der Waals surface area contributed by atoms with E-state index in [2.05, 4.69) is 15.6 Å². The molecule has 1 heterocycles. The number of aromatic nitrogens is 2. The third-order valence-electron chi connectivity index (χ3n) is 4.88. The molecule has 1 aromatic heterocycles. The van der Waals surface area contributed by atoms with E-state index in [4.69, 9.17) is 11.6 Å². The highest BCUT2D eigenvalue weighted by Gasteiger charge is 2.31. The number of alkyl halides is 3. The Kier molecular flexibility index (Phi) is 8.82. The van der Waals surface area contributed by atoms with Crippen molar-refractivity contribution in [3.8, 4) is 0 Å². The Morgan fingerprint density at radius 1 is 1.14 bits per heavy atom. The number of nitrogens with one attached hydrogen (secondary N) is 2. The lowest BCUT2D eigenvalue weighted by Crippen LogP contribution is -2.28. The van der Waals surface area contributed by atoms with Crippen molar-refractivity contribution in [2.24, 2.45) is 0 Å². The first-order valence-corrected chi connectivity index (χ1v) is 11.7. The molecule has 2 aromatic carbocycles. The topological polar surface area (TPSA) is 96.2 Å². The average molecular weight is 527 g/mol. The van der Waals surface area contributed by atoms with Gasteiger partial charge < -0.3 is 20.3 Å². The second-order valence-corrected chi connectivity index (χ2v) is 8.92. The second-order valence-electron chi connectivity index (χ2n) is 7.57. The number of anilines is 1. The minimum Gasteiger partial charge on any atom is -0.390 e. The van der Waals surface area contributed by atoms with Crippen molar-refractivity contribution in [3.63, 3.8) is 0 Å². The molecule has 0 spiro atoms. The minimum atomic E-state index is -4.58. The second kappa shape index (κ2) is 11.6. The van der Waals surface area contributed by atoms with Crippen LogP contribution in [0.2, 0.25) is 5.02 Å². The number of benzene rings is 2. The Balaban J connectivity index is 1.61. The van der Waals surface area contributed by atoms with Gasteiger partial charge in [0.15, 0.2) is 5.16 Å². The van der Waals surface area contributed by atoms with Crippen molar-refractivity contribution < 1.29 is 27.9 Å². The Morgan fingerprint density at radius 3 is 2.51 bits per heavy atom. The molecular formula is C23H22ClF3N4O3S. The van der Waals surface area contributed by atoms with Gasteiger partial charge in [0.05, 0.1) is 40.5 Å². The highest BCUT2D eigenvalue weighted by Crippen LogP contribution is 2.34. The first kappa shape index (κ1) is 26.6. The Hall–Kier alpha value is -3.02. The number of hydrogen-bond donors (Lipinski definition) is 3. The number of aliphatic hydroxyl groups is 1. The number of amides is 2. The van der Waals surface area contributed by atoms with Crippen molar-refractivity contribution >= 4 is 40.9 Å². The third-order valence-corrected chi connectivity index (χ3v) is 6.20. The van der Waals surface area contributed by atoms with Crippen molar-refractivity contribution in [1.29, 1.82) is 0 Å². The molecule has 3 rings (SSSR count). The van der Waals surface area contributed by atoms with Crippen molar-refractivity contribution in [2.75, 3.05) is 11.1 Å². The first-order chi connectivity index (χ1) is 16.6. The van der Waals surface area contributed by atoms with E-state index in [1.165, 1.54) is 10.8 Å². The molecule has 2 amide bonds. The lowest BCUT2D eigenvalue weighted by molar-refractivity contribution is -0.137. The number of carbonyl (C=O) groups is 2. The maximum absolute atomic E-state index is 12.9. The zero-order valence-corrected chi connectivity index (χ0v) is 20.1. The maximum Gasteiger partial charge on any atom is 0.416 e. The van der Waals surface area contributed by atoms with Gasteiger partial charge in [0, 0.05) is 6.54 Å². The van der Waals surface area contributed by atoms with Crippen LogP contribution in [0.15, 0.2) is 53.8 Å². The number of imidazole rings is 1. The summed E-state index contributed by atoms with van der Waals surface area (Å²) in [4.78, 5) is 29.0. The number of aliphatic hydroxyl groups excluding tert-OH is 1. The molecule has 0 saturated heterocycles. The number of hydrogen-bond acceptors (Lipinski definition) is 5. The van der Waals surface area contributed by atoms with Gasteiger partial charge in [-0.15, -0.1) is 0 Å². The molecule has 0 bridgehead atoms. The van der Waals surface area contributed by atoms with E-state index in [1.54, 1.807) is 0 Å². The molecule has 0 aliphatic heterocycles. The van der Waals surface area contributed by atoms with Gasteiger partial charge in [0.2, 0.25) is 11.8 Å². The monoisotopic (exact) mass is 526 g/mol. The summed E-state index contributed by atoms with van der Waals surface area (Å²) in [5.41, 5.74) is 1.30. The van der Waals surface area contributed by atoms with Crippen molar-refractivity contribution in [3.05, 3.63) is 76.1 Å². The zero-order chi connectivity index (χ0) is 25.6. The summed E-state index contributed by atoms with van der Waals surface area (Å²) < 4.78 is 40.3. The molecule has 35 heavy (non-hydrogen) atoms. The van der Waals surface area contributed by atoms with Gasteiger partial charge in [-0.2, -0.15) is 13.2 Å². The van der Waals surface area contributed by atoms with Gasteiger partial charge >= 0.3 is 6.18 Å². The highest BCUT2D eigenvalue weighted by molar-refractivity contribution is 7.99. The van der Waals surface area contributed by atoms with E-state index < -0.39 is 17.6 Å². The molecule has 12 heteroatoms. The zero-order valence-electron chi connectivity index (χ0n) is 18.5. The Morgan fingerprint density at radius 2 is 1.86 bits per heavy atom. The van der Waals surface area contributed by atoms with Crippen LogP contribution in [0.5, 0.6) is 0 Å². The molecular weight excluding hydrogens is 505 g/mol. The van der Waals surface area contributed by atoms with Gasteiger partial charge in [-0.05, 0) is 30.7 Å². The van der Waals surface area contributed by atoms with Crippen LogP contribution in [0.1, 0.15) is 22.4 Å². The van der Waals surface area contributed by atoms with E-state index in [9.17, 15) is 27.9 Å². The van der Waals surface area contributed by atoms with Crippen molar-refractivity contribution in [2.45, 2.75) is 38.0 Å². The molecule has 0 aliphatic rings. The van der Waals surface area contributed by atoms with Crippen molar-refractivity contribution in [1.82, 2.24) is 14.9 Å². The van der Waals surface area contributed by atoms with Crippen LogP contribution in [0, 0.1) is 6.92 Å². The fourth-order valence-corrected chi connectivity index (χ4v) is 3.98. The molecule has 186 valence electrons. The lowest BCUT2D eigenvalue weighted by Gasteiger charge is -2.13. The van der Waals surface area contributed by atoms with Crippen LogP contribution in [0.3, 0.4) is 0 Å². The van der Waals surface area contributed by atoms with Crippen LogP contribution < -0.4 is 10.6 Å². The number of halogens is 4. The highest BCUT2D eigenvalue weighted by atomic mass is 35.5. The van der Waals surface area contributed by atoms with Crippen LogP contribution in [-0.4, -0.2) is 32.2 Å². The van der Waals surface area contributed by atoms with E-state index in [0.717, 1.165) is 41.1 Å². The number of aryl methyl sites for hydroxylation is 1. The summed E-state index contributed by atoms with van der Waals surface area (Å²) in [6, 6.07) is 10.3. The largest absolute Gasteiger partial charge is 0.416 e. The smallest absolute Gasteiger partial charge is 0.390 e.